The molecular formula is C17H20ClN. The van der Waals surface area contributed by atoms with Gasteiger partial charge in [-0.1, -0.05) is 55.8 Å². The zero-order chi connectivity index (χ0) is 13.7. The Morgan fingerprint density at radius 3 is 2.37 bits per heavy atom. The van der Waals surface area contributed by atoms with Crippen LogP contribution in [0.4, 0.5) is 5.69 Å². The molecule has 0 bridgehead atoms. The number of rotatable bonds is 5. The molecule has 1 N–H and O–H groups in total. The SMILES string of the molecule is CCC(C)c1ccc(NCc2ccccc2Cl)cc1. The number of hydrogen-bond acceptors (Lipinski definition) is 1. The van der Waals surface area contributed by atoms with Gasteiger partial charge in [0.05, 0.1) is 0 Å². The number of nitrogens with one attached hydrogen (secondary N) is 1. The number of hydrogen-bond donors (Lipinski definition) is 1. The highest BCUT2D eigenvalue weighted by molar-refractivity contribution is 6.31. The van der Waals surface area contributed by atoms with Crippen molar-refractivity contribution in [3.05, 3.63) is 64.7 Å². The molecule has 0 radical (unpaired) electrons. The molecule has 0 spiro atoms. The van der Waals surface area contributed by atoms with Gasteiger partial charge in [-0.2, -0.15) is 0 Å². The van der Waals surface area contributed by atoms with Crippen molar-refractivity contribution in [2.45, 2.75) is 32.7 Å². The monoisotopic (exact) mass is 273 g/mol. The quantitative estimate of drug-likeness (QED) is 0.762. The summed E-state index contributed by atoms with van der Waals surface area (Å²) in [6.07, 6.45) is 1.17. The first-order chi connectivity index (χ1) is 9.20. The number of halogens is 1. The zero-order valence-corrected chi connectivity index (χ0v) is 12.2. The summed E-state index contributed by atoms with van der Waals surface area (Å²) in [5, 5.41) is 4.21. The van der Waals surface area contributed by atoms with Gasteiger partial charge in [-0.15, -0.1) is 0 Å². The first-order valence-electron chi connectivity index (χ1n) is 6.78. The Bertz CT molecular complexity index is 519. The van der Waals surface area contributed by atoms with E-state index >= 15 is 0 Å². The predicted molar refractivity (Wildman–Crippen MR) is 83.9 cm³/mol. The van der Waals surface area contributed by atoms with E-state index in [-0.39, 0.29) is 0 Å². The molecule has 0 aromatic heterocycles. The molecular weight excluding hydrogens is 254 g/mol. The summed E-state index contributed by atoms with van der Waals surface area (Å²) in [6.45, 7) is 5.22. The van der Waals surface area contributed by atoms with Crippen LogP contribution < -0.4 is 5.32 Å². The zero-order valence-electron chi connectivity index (χ0n) is 11.5. The molecule has 0 fully saturated rings. The van der Waals surface area contributed by atoms with Crippen molar-refractivity contribution >= 4 is 17.3 Å². The lowest BCUT2D eigenvalue weighted by Crippen LogP contribution is -2.00. The first-order valence-corrected chi connectivity index (χ1v) is 7.15. The minimum absolute atomic E-state index is 0.623. The van der Waals surface area contributed by atoms with E-state index in [1.165, 1.54) is 12.0 Å². The van der Waals surface area contributed by atoms with E-state index in [0.29, 0.717) is 5.92 Å². The summed E-state index contributed by atoms with van der Waals surface area (Å²) >= 11 is 6.14. The summed E-state index contributed by atoms with van der Waals surface area (Å²) in [5.74, 6) is 0.623. The average Bonchev–Trinajstić information content (AvgIpc) is 2.46. The second-order valence-corrected chi connectivity index (χ2v) is 5.28. The van der Waals surface area contributed by atoms with Crippen LogP contribution >= 0.6 is 11.6 Å². The number of anilines is 1. The standard InChI is InChI=1S/C17H20ClN/c1-3-13(2)14-8-10-16(11-9-14)19-12-15-6-4-5-7-17(15)18/h4-11,13,19H,3,12H2,1-2H3. The molecule has 19 heavy (non-hydrogen) atoms. The molecule has 0 aliphatic carbocycles. The average molecular weight is 274 g/mol. The Labute approximate surface area is 120 Å². The summed E-state index contributed by atoms with van der Waals surface area (Å²) in [6, 6.07) is 16.6. The summed E-state index contributed by atoms with van der Waals surface area (Å²) in [7, 11) is 0. The molecule has 0 aliphatic heterocycles. The summed E-state index contributed by atoms with van der Waals surface area (Å²) < 4.78 is 0. The van der Waals surface area contributed by atoms with E-state index in [1.54, 1.807) is 0 Å². The van der Waals surface area contributed by atoms with E-state index in [1.807, 2.05) is 24.3 Å². The van der Waals surface area contributed by atoms with Crippen LogP contribution in [0.25, 0.3) is 0 Å². The van der Waals surface area contributed by atoms with Crippen molar-refractivity contribution in [1.29, 1.82) is 0 Å². The van der Waals surface area contributed by atoms with Crippen molar-refractivity contribution < 1.29 is 0 Å². The molecule has 2 aromatic carbocycles. The maximum absolute atomic E-state index is 6.14. The molecule has 1 nitrogen and oxygen atoms in total. The lowest BCUT2D eigenvalue weighted by atomic mass is 9.99. The van der Waals surface area contributed by atoms with Crippen LogP contribution in [0.1, 0.15) is 37.3 Å². The van der Waals surface area contributed by atoms with Gasteiger partial charge >= 0.3 is 0 Å². The van der Waals surface area contributed by atoms with E-state index in [2.05, 4.69) is 43.4 Å². The van der Waals surface area contributed by atoms with Gasteiger partial charge in [-0.25, -0.2) is 0 Å². The van der Waals surface area contributed by atoms with Crippen LogP contribution in [-0.4, -0.2) is 0 Å². The highest BCUT2D eigenvalue weighted by Crippen LogP contribution is 2.21. The molecule has 0 saturated carbocycles. The lowest BCUT2D eigenvalue weighted by molar-refractivity contribution is 0.734. The van der Waals surface area contributed by atoms with Crippen molar-refractivity contribution in [2.75, 3.05) is 5.32 Å². The maximum Gasteiger partial charge on any atom is 0.0455 e. The molecule has 100 valence electrons. The van der Waals surface area contributed by atoms with Crippen LogP contribution in [-0.2, 0) is 6.54 Å². The Morgan fingerprint density at radius 2 is 1.74 bits per heavy atom. The minimum atomic E-state index is 0.623. The van der Waals surface area contributed by atoms with Crippen LogP contribution in [0, 0.1) is 0 Å². The van der Waals surface area contributed by atoms with Crippen LogP contribution in [0.3, 0.4) is 0 Å². The highest BCUT2D eigenvalue weighted by Gasteiger charge is 2.03. The third-order valence-corrected chi connectivity index (χ3v) is 3.90. The first kappa shape index (κ1) is 14.0. The molecule has 2 heteroatoms. The van der Waals surface area contributed by atoms with Crippen molar-refractivity contribution in [3.63, 3.8) is 0 Å². The fraction of sp³-hybridized carbons (Fsp3) is 0.294. The minimum Gasteiger partial charge on any atom is -0.381 e. The van der Waals surface area contributed by atoms with Crippen LogP contribution in [0.2, 0.25) is 5.02 Å². The van der Waals surface area contributed by atoms with E-state index < -0.39 is 0 Å². The van der Waals surface area contributed by atoms with Gasteiger partial charge in [0.2, 0.25) is 0 Å². The molecule has 0 saturated heterocycles. The maximum atomic E-state index is 6.14. The molecule has 0 aliphatic rings. The van der Waals surface area contributed by atoms with E-state index in [0.717, 1.165) is 22.8 Å². The molecule has 2 rings (SSSR count). The molecule has 0 amide bonds. The fourth-order valence-corrected chi connectivity index (χ4v) is 2.21. The van der Waals surface area contributed by atoms with Gasteiger partial charge in [0.15, 0.2) is 0 Å². The second-order valence-electron chi connectivity index (χ2n) is 4.88. The van der Waals surface area contributed by atoms with E-state index in [4.69, 9.17) is 11.6 Å². The topological polar surface area (TPSA) is 12.0 Å². The predicted octanol–water partition coefficient (Wildman–Crippen LogP) is 5.47. The summed E-state index contributed by atoms with van der Waals surface area (Å²) in [4.78, 5) is 0. The molecule has 0 heterocycles. The Morgan fingerprint density at radius 1 is 1.05 bits per heavy atom. The highest BCUT2D eigenvalue weighted by atomic mass is 35.5. The third-order valence-electron chi connectivity index (χ3n) is 3.53. The second kappa shape index (κ2) is 6.63. The van der Waals surface area contributed by atoms with Crippen LogP contribution in [0.15, 0.2) is 48.5 Å². The molecule has 2 aromatic rings. The van der Waals surface area contributed by atoms with Crippen molar-refractivity contribution in [2.24, 2.45) is 0 Å². The number of benzene rings is 2. The smallest absolute Gasteiger partial charge is 0.0455 e. The largest absolute Gasteiger partial charge is 0.381 e. The van der Waals surface area contributed by atoms with Crippen molar-refractivity contribution in [3.8, 4) is 0 Å². The Kier molecular flexibility index (Phi) is 4.86. The third kappa shape index (κ3) is 3.74. The Hall–Kier alpha value is -1.47. The lowest BCUT2D eigenvalue weighted by Gasteiger charge is -2.11. The van der Waals surface area contributed by atoms with Gasteiger partial charge in [0, 0.05) is 17.3 Å². The molecule has 1 atom stereocenters. The van der Waals surface area contributed by atoms with E-state index in [9.17, 15) is 0 Å². The Balaban J connectivity index is 1.99. The van der Waals surface area contributed by atoms with Crippen molar-refractivity contribution in [1.82, 2.24) is 0 Å². The van der Waals surface area contributed by atoms with Gasteiger partial charge in [-0.05, 0) is 41.7 Å². The van der Waals surface area contributed by atoms with Gasteiger partial charge in [-0.3, -0.25) is 0 Å². The molecule has 1 unspecified atom stereocenters. The van der Waals surface area contributed by atoms with Crippen LogP contribution in [0.5, 0.6) is 0 Å². The normalized spacial score (nSPS) is 12.2. The van der Waals surface area contributed by atoms with Gasteiger partial charge in [0.1, 0.15) is 0 Å². The summed E-state index contributed by atoms with van der Waals surface area (Å²) in [5.41, 5.74) is 3.65. The van der Waals surface area contributed by atoms with Gasteiger partial charge in [0.25, 0.3) is 0 Å². The fourth-order valence-electron chi connectivity index (χ4n) is 2.00. The van der Waals surface area contributed by atoms with Gasteiger partial charge < -0.3 is 5.32 Å².